The first-order chi connectivity index (χ1) is 22.3. The maximum Gasteiger partial charge on any atom is 0.470 e. The number of ketones is 2. The number of rotatable bonds is 2. The summed E-state index contributed by atoms with van der Waals surface area (Å²) in [5, 5.41) is -5.11. The summed E-state index contributed by atoms with van der Waals surface area (Å²) in [6, 6.07) is 0. The predicted octanol–water partition coefficient (Wildman–Crippen LogP) is 5.76. The van der Waals surface area contributed by atoms with Crippen LogP contribution < -0.4 is 0 Å². The number of carbonyl (C=O) groups is 5. The average Bonchev–Trinajstić information content (AvgIpc) is 2.96. The van der Waals surface area contributed by atoms with Gasteiger partial charge in [-0.2, -0.15) is 30.4 Å². The Hall–Kier alpha value is -2.76. The maximum atomic E-state index is 13.1. The molecule has 2 saturated heterocycles. The van der Waals surface area contributed by atoms with Crippen molar-refractivity contribution < 1.29 is 63.0 Å². The van der Waals surface area contributed by atoms with Gasteiger partial charge in [0.05, 0.1) is 17.2 Å². The summed E-state index contributed by atoms with van der Waals surface area (Å²) in [6.45, 7) is 16.3. The topological polar surface area (TPSA) is 135 Å². The Kier molecular flexibility index (Phi) is 12.4. The van der Waals surface area contributed by atoms with Crippen molar-refractivity contribution in [2.24, 2.45) is 33.5 Å². The van der Waals surface area contributed by atoms with Crippen molar-refractivity contribution >= 4 is 55.5 Å². The van der Waals surface area contributed by atoms with E-state index in [0.717, 1.165) is 19.0 Å². The van der Waals surface area contributed by atoms with Crippen LogP contribution in [0.1, 0.15) is 68.2 Å². The number of piperidine rings is 2. The van der Waals surface area contributed by atoms with Gasteiger partial charge < -0.3 is 14.5 Å². The fourth-order valence-corrected chi connectivity index (χ4v) is 9.10. The van der Waals surface area contributed by atoms with E-state index >= 15 is 0 Å². The van der Waals surface area contributed by atoms with Crippen molar-refractivity contribution in [1.82, 2.24) is 9.80 Å². The van der Waals surface area contributed by atoms with E-state index in [0.29, 0.717) is 37.0 Å². The molecule has 4 rings (SSSR count). The fraction of sp³-hybridized carbons (Fsp3) is 0.719. The number of ether oxygens (including phenoxy) is 1. The van der Waals surface area contributed by atoms with Crippen molar-refractivity contribution in [3.05, 3.63) is 22.2 Å². The third-order valence-electron chi connectivity index (χ3n) is 10.3. The molecule has 4 aliphatic rings. The van der Waals surface area contributed by atoms with E-state index < -0.39 is 49.8 Å². The minimum Gasteiger partial charge on any atom is -0.464 e. The van der Waals surface area contributed by atoms with E-state index in [-0.39, 0.29) is 40.9 Å². The predicted molar refractivity (Wildman–Crippen MR) is 173 cm³/mol. The molecular weight excluding hydrogens is 766 g/mol. The number of methoxy groups -OCH3 is 1. The van der Waals surface area contributed by atoms with Crippen LogP contribution in [0.5, 0.6) is 0 Å². The molecule has 4 atom stereocenters. The number of halogens is 7. The first kappa shape index (κ1) is 43.4. The van der Waals surface area contributed by atoms with Gasteiger partial charge in [-0.3, -0.25) is 19.2 Å². The van der Waals surface area contributed by atoms with Crippen LogP contribution in [-0.2, 0) is 38.9 Å². The highest BCUT2D eigenvalue weighted by atomic mass is 79.9. The molecule has 18 heteroatoms. The van der Waals surface area contributed by atoms with E-state index in [1.54, 1.807) is 32.6 Å². The molecule has 2 heterocycles. The van der Waals surface area contributed by atoms with Gasteiger partial charge in [0.1, 0.15) is 0 Å². The fourth-order valence-electron chi connectivity index (χ4n) is 7.78. The van der Waals surface area contributed by atoms with Crippen molar-refractivity contribution in [2.75, 3.05) is 33.3 Å². The second-order valence-electron chi connectivity index (χ2n) is 14.7. The second-order valence-corrected chi connectivity index (χ2v) is 16.9. The lowest BCUT2D eigenvalue weighted by Crippen LogP contribution is -2.57. The molecule has 0 aromatic heterocycles. The zero-order chi connectivity index (χ0) is 39.2. The molecule has 0 saturated carbocycles. The van der Waals surface area contributed by atoms with Crippen molar-refractivity contribution in [2.45, 2.75) is 79.7 Å². The van der Waals surface area contributed by atoms with E-state index in [1.807, 2.05) is 24.8 Å². The van der Waals surface area contributed by atoms with Gasteiger partial charge in [0.15, 0.2) is 11.6 Å². The normalized spacial score (nSPS) is 29.0. The van der Waals surface area contributed by atoms with Gasteiger partial charge in [0.25, 0.3) is 0 Å². The highest BCUT2D eigenvalue weighted by molar-refractivity contribution is 9.12. The molecule has 0 radical (unpaired) electrons. The largest absolute Gasteiger partial charge is 0.470 e. The first-order valence-electron chi connectivity index (χ1n) is 15.5. The Morgan fingerprint density at radius 2 is 1.18 bits per heavy atom. The molecule has 0 aromatic carbocycles. The van der Waals surface area contributed by atoms with Crippen molar-refractivity contribution in [3.8, 4) is 0 Å². The average molecular weight is 810 g/mol. The summed E-state index contributed by atoms with van der Waals surface area (Å²) >= 11 is 3.39. The molecule has 284 valence electrons. The number of esters is 1. The lowest BCUT2D eigenvalue weighted by atomic mass is 9.54. The molecule has 10 nitrogen and oxygen atoms in total. The first-order valence-corrected chi connectivity index (χ1v) is 17.7. The minimum atomic E-state index is -6.22. The lowest BCUT2D eigenvalue weighted by Gasteiger charge is -2.53. The summed E-state index contributed by atoms with van der Waals surface area (Å²) < 4.78 is 97.8. The number of alkyl halides is 5. The van der Waals surface area contributed by atoms with Crippen LogP contribution in [-0.4, -0.2) is 92.3 Å². The third-order valence-corrected chi connectivity index (χ3v) is 11.6. The van der Waals surface area contributed by atoms with Crippen molar-refractivity contribution in [1.29, 1.82) is 0 Å². The molecule has 2 aliphatic heterocycles. The van der Waals surface area contributed by atoms with Gasteiger partial charge in [0.2, 0.25) is 11.8 Å². The van der Waals surface area contributed by atoms with E-state index in [9.17, 15) is 58.2 Å². The quantitative estimate of drug-likeness (QED) is 0.195. The van der Waals surface area contributed by atoms with E-state index in [4.69, 9.17) is 0 Å². The smallest absolute Gasteiger partial charge is 0.464 e. The molecule has 0 bridgehead atoms. The number of Topliss-reactive ketones (excluding diaryl/α,β-unsaturated/α-hetero) is 2. The number of hydrogen-bond donors (Lipinski definition) is 0. The molecular formula is C32H43BrF6N2O8S. The van der Waals surface area contributed by atoms with Crippen LogP contribution in [0.4, 0.5) is 25.8 Å². The maximum absolute atomic E-state index is 13.1. The van der Waals surface area contributed by atoms with Crippen LogP contribution in [0.3, 0.4) is 0 Å². The number of amides is 2. The molecule has 2 aliphatic carbocycles. The third kappa shape index (κ3) is 8.47. The Morgan fingerprint density at radius 3 is 1.50 bits per heavy atom. The number of nitrogens with zero attached hydrogens (tertiary/aromatic N) is 2. The number of allylic oxidation sites excluding steroid dienone is 2. The highest BCUT2D eigenvalue weighted by Crippen LogP contribution is 2.55. The standard InChI is InChI=1S/C15H20F3NO2.C14H20BrNO2.C3H3F3O4S/c1-9(20)19-6-5-11-13(2,3)12(21)10(15(16,17)18)7-14(11,4)8-19;1-9(17)16-6-5-11-13(2,3)12(18)10(15)7-14(11,4)8-16;1-10-2(7)3(4,5)11(6,8)9/h7,11H,5-6,8H2,1-4H3;7,11H,5-6,8H2,1-4H3;1H3/t2*11-,14+;/m11./s1. The van der Waals surface area contributed by atoms with Crippen molar-refractivity contribution in [3.63, 3.8) is 0 Å². The van der Waals surface area contributed by atoms with Gasteiger partial charge in [-0.15, -0.1) is 0 Å². The summed E-state index contributed by atoms with van der Waals surface area (Å²) in [7, 11) is -5.71. The van der Waals surface area contributed by atoms with Gasteiger partial charge >= 0.3 is 27.6 Å². The molecule has 2 fully saturated rings. The van der Waals surface area contributed by atoms with Crippen LogP contribution >= 0.6 is 15.9 Å². The van der Waals surface area contributed by atoms with Gasteiger partial charge in [-0.1, -0.05) is 57.6 Å². The number of carbonyl (C=O) groups excluding carboxylic acids is 5. The zero-order valence-electron chi connectivity index (χ0n) is 29.3. The SMILES string of the molecule is CC(=O)N1CC[C@@H]2C(C)(C)C(=O)C(Br)=C[C@@]2(C)C1.CC(=O)N1CC[C@@H]2C(C)(C)C(=O)C(C(F)(F)F)=C[C@@]2(C)C1.COC(=O)C(F)(F)S(=O)(=O)F. The monoisotopic (exact) mass is 808 g/mol. The molecule has 0 unspecified atom stereocenters. The summed E-state index contributed by atoms with van der Waals surface area (Å²) in [5.74, 6) is -3.02. The lowest BCUT2D eigenvalue weighted by molar-refractivity contribution is -0.158. The van der Waals surface area contributed by atoms with E-state index in [1.165, 1.54) is 6.92 Å². The summed E-state index contributed by atoms with van der Waals surface area (Å²) in [5.41, 5.74) is -3.44. The molecule has 0 spiro atoms. The van der Waals surface area contributed by atoms with Gasteiger partial charge in [0, 0.05) is 61.7 Å². The highest BCUT2D eigenvalue weighted by Gasteiger charge is 2.58. The Balaban J connectivity index is 0.000000273. The Labute approximate surface area is 296 Å². The van der Waals surface area contributed by atoms with Crippen LogP contribution in [0.2, 0.25) is 0 Å². The van der Waals surface area contributed by atoms with Gasteiger partial charge in [-0.25, -0.2) is 4.79 Å². The minimum absolute atomic E-state index is 0.111. The Morgan fingerprint density at radius 1 is 0.800 bits per heavy atom. The molecule has 0 aromatic rings. The van der Waals surface area contributed by atoms with Crippen LogP contribution in [0.15, 0.2) is 22.2 Å². The number of fused-ring (bicyclic) bond motifs is 2. The molecule has 0 N–H and O–H groups in total. The van der Waals surface area contributed by atoms with Crippen LogP contribution in [0.25, 0.3) is 0 Å². The van der Waals surface area contributed by atoms with Gasteiger partial charge in [-0.05, 0) is 40.6 Å². The number of hydrogen-bond acceptors (Lipinski definition) is 8. The summed E-state index contributed by atoms with van der Waals surface area (Å²) in [4.78, 5) is 60.9. The molecule has 50 heavy (non-hydrogen) atoms. The summed E-state index contributed by atoms with van der Waals surface area (Å²) in [6.07, 6.45) is -0.149. The number of likely N-dealkylation sites (tertiary alicyclic amines) is 2. The zero-order valence-corrected chi connectivity index (χ0v) is 31.7. The van der Waals surface area contributed by atoms with E-state index in [2.05, 4.69) is 27.6 Å². The Bertz CT molecular complexity index is 1590. The van der Waals surface area contributed by atoms with Crippen LogP contribution in [0, 0.1) is 33.5 Å². The second kappa shape index (κ2) is 14.3. The molecule has 2 amide bonds.